The van der Waals surface area contributed by atoms with Crippen molar-refractivity contribution in [3.63, 3.8) is 0 Å². The fourth-order valence-electron chi connectivity index (χ4n) is 3.38. The monoisotopic (exact) mass is 382 g/mol. The number of hydrogen-bond acceptors (Lipinski definition) is 5. The molecule has 8 heteroatoms. The van der Waals surface area contributed by atoms with Gasteiger partial charge in [0.1, 0.15) is 5.69 Å². The summed E-state index contributed by atoms with van der Waals surface area (Å²) >= 11 is 0. The molecule has 8 nitrogen and oxygen atoms in total. The van der Waals surface area contributed by atoms with Crippen LogP contribution in [0.4, 0.5) is 11.4 Å². The number of benzene rings is 2. The number of anilines is 1. The van der Waals surface area contributed by atoms with E-state index in [-0.39, 0.29) is 23.4 Å². The molecule has 2 N–H and O–H groups in total. The Morgan fingerprint density at radius 3 is 2.36 bits per heavy atom. The zero-order valence-electron chi connectivity index (χ0n) is 15.6. The second-order valence-electron chi connectivity index (χ2n) is 6.77. The fourth-order valence-corrected chi connectivity index (χ4v) is 3.38. The number of nitro groups is 1. The van der Waals surface area contributed by atoms with Crippen LogP contribution in [0.3, 0.4) is 0 Å². The molecule has 1 aliphatic rings. The average Bonchev–Trinajstić information content (AvgIpc) is 2.72. The molecule has 0 radical (unpaired) electrons. The van der Waals surface area contributed by atoms with Crippen LogP contribution in [0.15, 0.2) is 48.5 Å². The summed E-state index contributed by atoms with van der Waals surface area (Å²) in [6.45, 7) is 2.90. The summed E-state index contributed by atoms with van der Waals surface area (Å²) in [5.74, 6) is -0.857. The third-order valence-corrected chi connectivity index (χ3v) is 4.97. The van der Waals surface area contributed by atoms with Crippen LogP contribution in [-0.4, -0.2) is 29.8 Å². The van der Waals surface area contributed by atoms with Gasteiger partial charge in [0, 0.05) is 30.6 Å². The maximum Gasteiger partial charge on any atom is 0.292 e. The average molecular weight is 382 g/mol. The van der Waals surface area contributed by atoms with E-state index in [0.717, 1.165) is 5.56 Å². The molecular formula is C20H22N4O4. The van der Waals surface area contributed by atoms with Gasteiger partial charge in [-0.3, -0.25) is 30.6 Å². The fraction of sp³-hybridized carbons (Fsp3) is 0.300. The largest absolute Gasteiger partial charge is 0.366 e. The SMILES string of the molecule is Cc1ccccc1C(=O)NNC(=O)C1CCN(c2ccccc2[N+](=O)[O-])CC1. The number of nitrogens with zero attached hydrogens (tertiary/aromatic N) is 2. The quantitative estimate of drug-likeness (QED) is 0.625. The van der Waals surface area contributed by atoms with E-state index in [1.54, 1.807) is 30.3 Å². The second-order valence-corrected chi connectivity index (χ2v) is 6.77. The molecule has 0 atom stereocenters. The van der Waals surface area contributed by atoms with Crippen molar-refractivity contribution in [2.24, 2.45) is 5.92 Å². The van der Waals surface area contributed by atoms with Crippen LogP contribution < -0.4 is 15.8 Å². The van der Waals surface area contributed by atoms with Crippen LogP contribution in [0.1, 0.15) is 28.8 Å². The number of nitrogens with one attached hydrogen (secondary N) is 2. The number of piperidine rings is 1. The van der Waals surface area contributed by atoms with E-state index in [1.807, 2.05) is 24.0 Å². The molecule has 28 heavy (non-hydrogen) atoms. The van der Waals surface area contributed by atoms with E-state index in [9.17, 15) is 19.7 Å². The number of hydrogen-bond donors (Lipinski definition) is 2. The van der Waals surface area contributed by atoms with Gasteiger partial charge in [-0.05, 0) is 37.5 Å². The number of hydrazine groups is 1. The smallest absolute Gasteiger partial charge is 0.292 e. The van der Waals surface area contributed by atoms with Crippen molar-refractivity contribution in [3.8, 4) is 0 Å². The molecule has 1 heterocycles. The Bertz CT molecular complexity index is 891. The number of amides is 2. The molecule has 0 saturated carbocycles. The zero-order chi connectivity index (χ0) is 20.1. The molecule has 2 aromatic carbocycles. The van der Waals surface area contributed by atoms with Crippen LogP contribution in [0.25, 0.3) is 0 Å². The topological polar surface area (TPSA) is 105 Å². The molecule has 1 fully saturated rings. The van der Waals surface area contributed by atoms with Gasteiger partial charge in [0.25, 0.3) is 11.6 Å². The predicted octanol–water partition coefficient (Wildman–Crippen LogP) is 2.58. The van der Waals surface area contributed by atoms with E-state index >= 15 is 0 Å². The van der Waals surface area contributed by atoms with Gasteiger partial charge >= 0.3 is 0 Å². The van der Waals surface area contributed by atoms with Crippen LogP contribution in [-0.2, 0) is 4.79 Å². The Kier molecular flexibility index (Phi) is 5.88. The van der Waals surface area contributed by atoms with Crippen LogP contribution >= 0.6 is 0 Å². The van der Waals surface area contributed by atoms with E-state index in [4.69, 9.17) is 0 Å². The van der Waals surface area contributed by atoms with Crippen molar-refractivity contribution in [3.05, 3.63) is 69.8 Å². The standard InChI is InChI=1S/C20H22N4O4/c1-14-6-2-3-7-16(14)20(26)22-21-19(25)15-10-12-23(13-11-15)17-8-4-5-9-18(17)24(27)28/h2-9,15H,10-13H2,1H3,(H,21,25)(H,22,26). The first-order chi connectivity index (χ1) is 13.5. The molecule has 0 bridgehead atoms. The molecule has 0 spiro atoms. The molecule has 0 aliphatic carbocycles. The van der Waals surface area contributed by atoms with Crippen molar-refractivity contribution in [2.45, 2.75) is 19.8 Å². The van der Waals surface area contributed by atoms with Gasteiger partial charge in [0.15, 0.2) is 0 Å². The Hall–Kier alpha value is -3.42. The number of carbonyl (C=O) groups is 2. The van der Waals surface area contributed by atoms with Crippen molar-refractivity contribution in [2.75, 3.05) is 18.0 Å². The minimum atomic E-state index is -0.394. The Balaban J connectivity index is 1.54. The van der Waals surface area contributed by atoms with E-state index in [0.29, 0.717) is 37.2 Å². The minimum absolute atomic E-state index is 0.0656. The molecule has 2 amide bonds. The highest BCUT2D eigenvalue weighted by Crippen LogP contribution is 2.31. The Labute approximate surface area is 162 Å². The summed E-state index contributed by atoms with van der Waals surface area (Å²) in [6.07, 6.45) is 1.11. The van der Waals surface area contributed by atoms with Crippen molar-refractivity contribution >= 4 is 23.2 Å². The van der Waals surface area contributed by atoms with Gasteiger partial charge in [-0.2, -0.15) is 0 Å². The molecule has 0 unspecified atom stereocenters. The van der Waals surface area contributed by atoms with Gasteiger partial charge in [-0.1, -0.05) is 30.3 Å². The van der Waals surface area contributed by atoms with Crippen LogP contribution in [0.5, 0.6) is 0 Å². The van der Waals surface area contributed by atoms with Gasteiger partial charge in [0.05, 0.1) is 4.92 Å². The lowest BCUT2D eigenvalue weighted by Crippen LogP contribution is -2.47. The van der Waals surface area contributed by atoms with Crippen LogP contribution in [0.2, 0.25) is 0 Å². The lowest BCUT2D eigenvalue weighted by Gasteiger charge is -2.32. The van der Waals surface area contributed by atoms with Crippen LogP contribution in [0, 0.1) is 23.0 Å². The minimum Gasteiger partial charge on any atom is -0.366 e. The zero-order valence-corrected chi connectivity index (χ0v) is 15.6. The number of aryl methyl sites for hydroxylation is 1. The highest BCUT2D eigenvalue weighted by molar-refractivity contribution is 5.96. The van der Waals surface area contributed by atoms with E-state index in [2.05, 4.69) is 10.9 Å². The summed E-state index contributed by atoms with van der Waals surface area (Å²) in [7, 11) is 0. The number of rotatable bonds is 4. The molecule has 2 aromatic rings. The molecule has 146 valence electrons. The maximum atomic E-state index is 12.4. The molecule has 3 rings (SSSR count). The third kappa shape index (κ3) is 4.28. The van der Waals surface area contributed by atoms with Gasteiger partial charge in [-0.25, -0.2) is 0 Å². The summed E-state index contributed by atoms with van der Waals surface area (Å²) in [5, 5.41) is 11.2. The second kappa shape index (κ2) is 8.51. The van der Waals surface area contributed by atoms with E-state index < -0.39 is 4.92 Å². The number of para-hydroxylation sites is 2. The lowest BCUT2D eigenvalue weighted by molar-refractivity contribution is -0.384. The molecule has 0 aromatic heterocycles. The van der Waals surface area contributed by atoms with Crippen molar-refractivity contribution in [1.82, 2.24) is 10.9 Å². The highest BCUT2D eigenvalue weighted by Gasteiger charge is 2.28. The molecule has 1 aliphatic heterocycles. The Morgan fingerprint density at radius 2 is 1.68 bits per heavy atom. The highest BCUT2D eigenvalue weighted by atomic mass is 16.6. The first-order valence-corrected chi connectivity index (χ1v) is 9.11. The number of nitro benzene ring substituents is 1. The first kappa shape index (κ1) is 19.3. The van der Waals surface area contributed by atoms with Crippen molar-refractivity contribution < 1.29 is 14.5 Å². The predicted molar refractivity (Wildman–Crippen MR) is 105 cm³/mol. The van der Waals surface area contributed by atoms with Crippen molar-refractivity contribution in [1.29, 1.82) is 0 Å². The summed E-state index contributed by atoms with van der Waals surface area (Å²) in [6, 6.07) is 13.7. The normalized spacial score (nSPS) is 14.4. The van der Waals surface area contributed by atoms with Gasteiger partial charge < -0.3 is 4.90 Å². The summed E-state index contributed by atoms with van der Waals surface area (Å²) in [4.78, 5) is 37.3. The Morgan fingerprint density at radius 1 is 1.04 bits per heavy atom. The summed E-state index contributed by atoms with van der Waals surface area (Å²) in [5.41, 5.74) is 6.93. The van der Waals surface area contributed by atoms with Gasteiger partial charge in [-0.15, -0.1) is 0 Å². The lowest BCUT2D eigenvalue weighted by atomic mass is 9.95. The molecule has 1 saturated heterocycles. The first-order valence-electron chi connectivity index (χ1n) is 9.11. The third-order valence-electron chi connectivity index (χ3n) is 4.97. The summed E-state index contributed by atoms with van der Waals surface area (Å²) < 4.78 is 0. The number of carbonyl (C=O) groups excluding carboxylic acids is 2. The van der Waals surface area contributed by atoms with E-state index in [1.165, 1.54) is 6.07 Å². The van der Waals surface area contributed by atoms with Gasteiger partial charge in [0.2, 0.25) is 5.91 Å². The maximum absolute atomic E-state index is 12.4. The molecular weight excluding hydrogens is 360 g/mol.